The molecule has 6 heteroatoms. The summed E-state index contributed by atoms with van der Waals surface area (Å²) < 4.78 is 18.2. The molecule has 112 valence electrons. The van der Waals surface area contributed by atoms with Crippen LogP contribution in [-0.2, 0) is 5.75 Å². The second kappa shape index (κ2) is 6.58. The third-order valence-electron chi connectivity index (χ3n) is 3.70. The third-order valence-corrected chi connectivity index (χ3v) is 4.71. The second-order valence-corrected chi connectivity index (χ2v) is 6.39. The summed E-state index contributed by atoms with van der Waals surface area (Å²) in [7, 11) is 0. The lowest BCUT2D eigenvalue weighted by Crippen LogP contribution is -2.33. The summed E-state index contributed by atoms with van der Waals surface area (Å²) in [5, 5.41) is 7.47. The van der Waals surface area contributed by atoms with E-state index in [1.54, 1.807) is 23.9 Å². The van der Waals surface area contributed by atoms with Crippen molar-refractivity contribution in [1.82, 2.24) is 15.5 Å². The summed E-state index contributed by atoms with van der Waals surface area (Å²) in [4.78, 5) is 5.47. The number of benzene rings is 1. The molecule has 0 spiro atoms. The maximum Gasteiger partial charge on any atom is 0.244 e. The molecule has 3 rings (SSSR count). The highest BCUT2D eigenvalue weighted by molar-refractivity contribution is 7.98. The van der Waals surface area contributed by atoms with Gasteiger partial charge in [0, 0.05) is 4.90 Å². The van der Waals surface area contributed by atoms with Crippen LogP contribution < -0.4 is 5.32 Å². The van der Waals surface area contributed by atoms with Gasteiger partial charge in [0.05, 0.1) is 11.8 Å². The van der Waals surface area contributed by atoms with Crippen molar-refractivity contribution in [2.75, 3.05) is 6.54 Å². The number of piperidine rings is 1. The minimum atomic E-state index is -0.224. The van der Waals surface area contributed by atoms with Gasteiger partial charge < -0.3 is 9.84 Å². The summed E-state index contributed by atoms with van der Waals surface area (Å²) >= 11 is 1.57. The number of rotatable bonds is 4. The van der Waals surface area contributed by atoms with Crippen molar-refractivity contribution < 1.29 is 8.91 Å². The highest BCUT2D eigenvalue weighted by Crippen LogP contribution is 2.28. The minimum Gasteiger partial charge on any atom is -0.338 e. The van der Waals surface area contributed by atoms with Crippen LogP contribution in [0.15, 0.2) is 33.7 Å². The van der Waals surface area contributed by atoms with Crippen molar-refractivity contribution in [2.24, 2.45) is 5.92 Å². The molecule has 0 radical (unpaired) electrons. The van der Waals surface area contributed by atoms with Crippen LogP contribution in [0.2, 0.25) is 0 Å². The summed E-state index contributed by atoms with van der Waals surface area (Å²) in [6.07, 6.45) is 2.37. The Hall–Kier alpha value is -1.40. The van der Waals surface area contributed by atoms with E-state index in [0.717, 1.165) is 11.4 Å². The minimum absolute atomic E-state index is 0.163. The van der Waals surface area contributed by atoms with Crippen molar-refractivity contribution in [3.8, 4) is 0 Å². The van der Waals surface area contributed by atoms with Crippen molar-refractivity contribution >= 4 is 11.8 Å². The smallest absolute Gasteiger partial charge is 0.244 e. The van der Waals surface area contributed by atoms with Crippen LogP contribution in [0.1, 0.15) is 37.5 Å². The molecule has 1 aromatic heterocycles. The van der Waals surface area contributed by atoms with E-state index in [4.69, 9.17) is 4.52 Å². The monoisotopic (exact) mass is 307 g/mol. The predicted octanol–water partition coefficient (Wildman–Crippen LogP) is 3.56. The van der Waals surface area contributed by atoms with Gasteiger partial charge in [0.2, 0.25) is 5.89 Å². The van der Waals surface area contributed by atoms with Crippen molar-refractivity contribution in [3.05, 3.63) is 41.8 Å². The molecule has 2 heterocycles. The van der Waals surface area contributed by atoms with Crippen LogP contribution in [0.5, 0.6) is 0 Å². The average molecular weight is 307 g/mol. The summed E-state index contributed by atoms with van der Waals surface area (Å²) in [6.45, 7) is 3.20. The molecule has 0 saturated carbocycles. The molecular weight excluding hydrogens is 289 g/mol. The molecule has 2 unspecified atom stereocenters. The third kappa shape index (κ3) is 3.63. The second-order valence-electron chi connectivity index (χ2n) is 5.34. The fraction of sp³-hybridized carbons (Fsp3) is 0.467. The van der Waals surface area contributed by atoms with Gasteiger partial charge in [-0.15, -0.1) is 11.8 Å². The molecule has 1 N–H and O–H groups in total. The molecule has 1 aliphatic heterocycles. The van der Waals surface area contributed by atoms with Crippen LogP contribution in [0.4, 0.5) is 4.39 Å². The quantitative estimate of drug-likeness (QED) is 0.875. The summed E-state index contributed by atoms with van der Waals surface area (Å²) in [5.41, 5.74) is 0. The molecule has 0 bridgehead atoms. The van der Waals surface area contributed by atoms with E-state index < -0.39 is 0 Å². The average Bonchev–Trinajstić information content (AvgIpc) is 2.96. The van der Waals surface area contributed by atoms with Crippen LogP contribution in [0.25, 0.3) is 0 Å². The van der Waals surface area contributed by atoms with Crippen molar-refractivity contribution in [1.29, 1.82) is 0 Å². The molecule has 2 aromatic rings. The highest BCUT2D eigenvalue weighted by Gasteiger charge is 2.27. The molecule has 1 saturated heterocycles. The van der Waals surface area contributed by atoms with Gasteiger partial charge in [-0.25, -0.2) is 4.39 Å². The number of hydrogen-bond acceptors (Lipinski definition) is 5. The molecule has 21 heavy (non-hydrogen) atoms. The van der Waals surface area contributed by atoms with Crippen LogP contribution in [-0.4, -0.2) is 16.7 Å². The normalized spacial score (nSPS) is 22.4. The first-order valence-corrected chi connectivity index (χ1v) is 8.15. The van der Waals surface area contributed by atoms with Gasteiger partial charge in [0.25, 0.3) is 0 Å². The zero-order valence-corrected chi connectivity index (χ0v) is 12.7. The topological polar surface area (TPSA) is 51.0 Å². The molecule has 1 aromatic carbocycles. The fourth-order valence-electron chi connectivity index (χ4n) is 2.51. The predicted molar refractivity (Wildman–Crippen MR) is 79.4 cm³/mol. The molecule has 1 aliphatic rings. The van der Waals surface area contributed by atoms with E-state index in [1.165, 1.54) is 25.0 Å². The van der Waals surface area contributed by atoms with Crippen LogP contribution >= 0.6 is 11.8 Å². The number of nitrogens with zero attached hydrogens (tertiary/aromatic N) is 2. The first-order chi connectivity index (χ1) is 10.2. The van der Waals surface area contributed by atoms with Gasteiger partial charge in [0.15, 0.2) is 5.82 Å². The van der Waals surface area contributed by atoms with E-state index in [0.29, 0.717) is 23.4 Å². The lowest BCUT2D eigenvalue weighted by molar-refractivity contribution is 0.239. The molecular formula is C15H18FN3OS. The Morgan fingerprint density at radius 3 is 2.95 bits per heavy atom. The molecule has 2 atom stereocenters. The zero-order valence-electron chi connectivity index (χ0n) is 11.9. The summed E-state index contributed by atoms with van der Waals surface area (Å²) in [6, 6.07) is 6.59. The summed E-state index contributed by atoms with van der Waals surface area (Å²) in [5.74, 6) is 2.27. The van der Waals surface area contributed by atoms with Gasteiger partial charge in [-0.3, -0.25) is 0 Å². The lowest BCUT2D eigenvalue weighted by Gasteiger charge is -2.26. The number of nitrogens with one attached hydrogen (secondary N) is 1. The maximum atomic E-state index is 12.8. The van der Waals surface area contributed by atoms with Gasteiger partial charge in [-0.1, -0.05) is 12.1 Å². The molecule has 0 amide bonds. The van der Waals surface area contributed by atoms with Crippen LogP contribution in [0.3, 0.4) is 0 Å². The van der Waals surface area contributed by atoms with Gasteiger partial charge in [0.1, 0.15) is 5.82 Å². The molecule has 4 nitrogen and oxygen atoms in total. The lowest BCUT2D eigenvalue weighted by atomic mass is 9.93. The Morgan fingerprint density at radius 1 is 1.38 bits per heavy atom. The van der Waals surface area contributed by atoms with E-state index in [9.17, 15) is 4.39 Å². The van der Waals surface area contributed by atoms with Gasteiger partial charge in [-0.2, -0.15) is 4.98 Å². The maximum absolute atomic E-state index is 12.8. The number of halogens is 1. The van der Waals surface area contributed by atoms with E-state index >= 15 is 0 Å². The Labute approximate surface area is 127 Å². The number of aromatic nitrogens is 2. The van der Waals surface area contributed by atoms with Gasteiger partial charge in [-0.05, 0) is 49.6 Å². The van der Waals surface area contributed by atoms with E-state index in [-0.39, 0.29) is 11.9 Å². The molecule has 0 aliphatic carbocycles. The van der Waals surface area contributed by atoms with Gasteiger partial charge >= 0.3 is 0 Å². The number of hydrogen-bond donors (Lipinski definition) is 1. The Kier molecular flexibility index (Phi) is 4.55. The van der Waals surface area contributed by atoms with Crippen molar-refractivity contribution in [2.45, 2.75) is 36.5 Å². The largest absolute Gasteiger partial charge is 0.338 e. The SMILES string of the molecule is CC1CCCNC1c1nc(CSc2ccc(F)cc2)no1. The van der Waals surface area contributed by atoms with E-state index in [1.807, 2.05) is 0 Å². The Morgan fingerprint density at radius 2 is 2.19 bits per heavy atom. The first-order valence-electron chi connectivity index (χ1n) is 7.16. The van der Waals surface area contributed by atoms with E-state index in [2.05, 4.69) is 22.4 Å². The zero-order chi connectivity index (χ0) is 14.7. The Bertz CT molecular complexity index is 587. The van der Waals surface area contributed by atoms with Crippen LogP contribution in [0, 0.1) is 11.7 Å². The standard InChI is InChI=1S/C15H18FN3OS/c1-10-3-2-8-17-14(10)15-18-13(19-20-15)9-21-12-6-4-11(16)5-7-12/h4-7,10,14,17H,2-3,8-9H2,1H3. The highest BCUT2D eigenvalue weighted by atomic mass is 32.2. The number of thioether (sulfide) groups is 1. The first kappa shape index (κ1) is 14.5. The molecule has 1 fully saturated rings. The fourth-order valence-corrected chi connectivity index (χ4v) is 3.25. The Balaban J connectivity index is 1.61. The van der Waals surface area contributed by atoms with Crippen molar-refractivity contribution in [3.63, 3.8) is 0 Å².